The van der Waals surface area contributed by atoms with Gasteiger partial charge in [-0.25, -0.2) is 10.5 Å². The van der Waals surface area contributed by atoms with Gasteiger partial charge < -0.3 is 19.3 Å². The minimum Gasteiger partial charge on any atom is -0.497 e. The number of ether oxygens (including phenoxy) is 3. The zero-order valence-electron chi connectivity index (χ0n) is 19.7. The van der Waals surface area contributed by atoms with Gasteiger partial charge in [0.1, 0.15) is 11.5 Å². The molecule has 1 amide bonds. The molecule has 1 heterocycles. The molecule has 0 unspecified atom stereocenters. The van der Waals surface area contributed by atoms with Crippen molar-refractivity contribution < 1.29 is 29.3 Å². The Labute approximate surface area is 217 Å². The second-order valence-electron chi connectivity index (χ2n) is 8.27. The van der Waals surface area contributed by atoms with Gasteiger partial charge in [-0.05, 0) is 53.6 Å². The van der Waals surface area contributed by atoms with E-state index in [2.05, 4.69) is 15.9 Å². The summed E-state index contributed by atoms with van der Waals surface area (Å²) in [4.78, 5) is 18.1. The number of amides is 1. The Morgan fingerprint density at radius 1 is 1.11 bits per heavy atom. The van der Waals surface area contributed by atoms with Gasteiger partial charge >= 0.3 is 0 Å². The molecule has 2 atom stereocenters. The first-order valence-corrected chi connectivity index (χ1v) is 12.2. The number of hydrogen-bond donors (Lipinski definition) is 3. The first kappa shape index (κ1) is 25.7. The van der Waals surface area contributed by atoms with Gasteiger partial charge in [-0.1, -0.05) is 46.3 Å². The molecule has 1 aliphatic rings. The number of aliphatic hydroxyl groups is 1. The van der Waals surface area contributed by atoms with Gasteiger partial charge in [0, 0.05) is 29.5 Å². The molecule has 3 aromatic carbocycles. The highest BCUT2D eigenvalue weighted by molar-refractivity contribution is 9.10. The second kappa shape index (κ2) is 11.6. The van der Waals surface area contributed by atoms with E-state index in [9.17, 15) is 10.0 Å². The lowest BCUT2D eigenvalue weighted by Gasteiger charge is -2.30. The zero-order valence-corrected chi connectivity index (χ0v) is 21.3. The Kier molecular flexibility index (Phi) is 8.25. The molecule has 0 aromatic heterocycles. The highest BCUT2D eigenvalue weighted by Crippen LogP contribution is 2.43. The molecule has 3 aromatic rings. The topological polar surface area (TPSA) is 110 Å². The molecular formula is C27H27BrN2O6. The first-order valence-electron chi connectivity index (χ1n) is 11.4. The van der Waals surface area contributed by atoms with E-state index in [0.717, 1.165) is 10.0 Å². The molecule has 9 heteroatoms. The van der Waals surface area contributed by atoms with Crippen molar-refractivity contribution in [3.8, 4) is 11.5 Å². The van der Waals surface area contributed by atoms with Crippen molar-refractivity contribution in [3.05, 3.63) is 94.0 Å². The molecule has 8 nitrogen and oxygen atoms in total. The molecule has 0 saturated heterocycles. The van der Waals surface area contributed by atoms with Crippen LogP contribution < -0.4 is 15.0 Å². The predicted molar refractivity (Wildman–Crippen MR) is 138 cm³/mol. The quantitative estimate of drug-likeness (QED) is 0.196. The molecular weight excluding hydrogens is 528 g/mol. The summed E-state index contributed by atoms with van der Waals surface area (Å²) in [7, 11) is 1.56. The molecule has 0 fully saturated rings. The van der Waals surface area contributed by atoms with E-state index in [-0.39, 0.29) is 18.9 Å². The van der Waals surface area contributed by atoms with Crippen LogP contribution in [0.1, 0.15) is 29.2 Å². The predicted octanol–water partition coefficient (Wildman–Crippen LogP) is 4.22. The van der Waals surface area contributed by atoms with E-state index in [4.69, 9.17) is 24.3 Å². The van der Waals surface area contributed by atoms with E-state index in [0.29, 0.717) is 35.7 Å². The maximum Gasteiger partial charge on any atom is 0.275 e. The van der Waals surface area contributed by atoms with Crippen molar-refractivity contribution in [1.29, 1.82) is 0 Å². The van der Waals surface area contributed by atoms with E-state index in [1.54, 1.807) is 43.5 Å². The lowest BCUT2D eigenvalue weighted by atomic mass is 9.82. The highest BCUT2D eigenvalue weighted by Gasteiger charge is 2.53. The highest BCUT2D eigenvalue weighted by atomic mass is 79.9. The number of hydrogen-bond acceptors (Lipinski definition) is 7. The number of rotatable bonds is 10. The summed E-state index contributed by atoms with van der Waals surface area (Å²) in [5.41, 5.74) is 2.46. The third-order valence-corrected chi connectivity index (χ3v) is 6.72. The van der Waals surface area contributed by atoms with Crippen molar-refractivity contribution in [1.82, 2.24) is 5.48 Å². The summed E-state index contributed by atoms with van der Waals surface area (Å²) in [6.07, 6.45) is -0.148. The third kappa shape index (κ3) is 5.38. The molecule has 0 saturated carbocycles. The average Bonchev–Trinajstić information content (AvgIpc) is 3.30. The normalized spacial score (nSPS) is 18.8. The maximum absolute atomic E-state index is 13.3. The molecule has 0 bridgehead atoms. The second-order valence-corrected chi connectivity index (χ2v) is 9.13. The molecule has 0 spiro atoms. The number of benzene rings is 3. The van der Waals surface area contributed by atoms with Gasteiger partial charge in [-0.2, -0.15) is 0 Å². The fraction of sp³-hybridized carbons (Fsp3) is 0.259. The summed E-state index contributed by atoms with van der Waals surface area (Å²) >= 11 is 3.56. The summed E-state index contributed by atoms with van der Waals surface area (Å²) in [6.45, 7) is 0.456. The van der Waals surface area contributed by atoms with Crippen LogP contribution in [-0.4, -0.2) is 48.0 Å². The van der Waals surface area contributed by atoms with Gasteiger partial charge in [-0.15, -0.1) is 0 Å². The first-order chi connectivity index (χ1) is 17.5. The molecule has 1 aliphatic heterocycles. The van der Waals surface area contributed by atoms with Crippen LogP contribution in [0.25, 0.3) is 0 Å². The Morgan fingerprint density at radius 2 is 1.89 bits per heavy atom. The molecule has 0 radical (unpaired) electrons. The van der Waals surface area contributed by atoms with Crippen LogP contribution >= 0.6 is 15.9 Å². The summed E-state index contributed by atoms with van der Waals surface area (Å²) < 4.78 is 18.2. The Bertz CT molecular complexity index is 1230. The zero-order chi connectivity index (χ0) is 25.5. The standard InChI is InChI=1S/C27H27BrN2O6/c1-34-22-8-4-7-19(16-22)24-27(26(32)30-33,17-20-6-2-3-9-23(20)28)29-25(36-24)18-10-12-21(13-11-18)35-15-5-14-31/h2-4,6-13,16,24,31,33H,5,14-15,17H2,1H3,(H,30,32)/t24-,27-/m0/s1. The van der Waals surface area contributed by atoms with Crippen LogP contribution in [0, 0.1) is 0 Å². The van der Waals surface area contributed by atoms with Gasteiger partial charge in [0.05, 0.1) is 13.7 Å². The van der Waals surface area contributed by atoms with Crippen LogP contribution in [0.4, 0.5) is 0 Å². The van der Waals surface area contributed by atoms with Gasteiger partial charge in [0.15, 0.2) is 11.6 Å². The molecule has 36 heavy (non-hydrogen) atoms. The van der Waals surface area contributed by atoms with Crippen molar-refractivity contribution in [3.63, 3.8) is 0 Å². The average molecular weight is 555 g/mol. The van der Waals surface area contributed by atoms with Crippen LogP contribution in [-0.2, 0) is 16.0 Å². The number of hydroxylamine groups is 1. The van der Waals surface area contributed by atoms with E-state index < -0.39 is 17.6 Å². The van der Waals surface area contributed by atoms with Gasteiger partial charge in [0.25, 0.3) is 5.91 Å². The number of nitrogens with zero attached hydrogens (tertiary/aromatic N) is 1. The van der Waals surface area contributed by atoms with E-state index in [1.807, 2.05) is 41.9 Å². The molecule has 4 rings (SSSR count). The summed E-state index contributed by atoms with van der Waals surface area (Å²) in [5, 5.41) is 18.7. The van der Waals surface area contributed by atoms with Crippen LogP contribution in [0.5, 0.6) is 11.5 Å². The number of methoxy groups -OCH3 is 1. The minimum absolute atomic E-state index is 0.0565. The largest absolute Gasteiger partial charge is 0.497 e. The smallest absolute Gasteiger partial charge is 0.275 e. The van der Waals surface area contributed by atoms with E-state index in [1.165, 1.54) is 0 Å². The van der Waals surface area contributed by atoms with Crippen molar-refractivity contribution in [2.75, 3.05) is 20.3 Å². The van der Waals surface area contributed by atoms with Crippen molar-refractivity contribution in [2.45, 2.75) is 24.5 Å². The monoisotopic (exact) mass is 554 g/mol. The minimum atomic E-state index is -1.50. The third-order valence-electron chi connectivity index (χ3n) is 5.95. The number of nitrogens with one attached hydrogen (secondary N) is 1. The summed E-state index contributed by atoms with van der Waals surface area (Å²) in [6, 6.07) is 21.9. The Morgan fingerprint density at radius 3 is 2.58 bits per heavy atom. The summed E-state index contributed by atoms with van der Waals surface area (Å²) in [5.74, 6) is 0.821. The van der Waals surface area contributed by atoms with E-state index >= 15 is 0 Å². The van der Waals surface area contributed by atoms with Crippen LogP contribution in [0.15, 0.2) is 82.3 Å². The lowest BCUT2D eigenvalue weighted by Crippen LogP contribution is -2.49. The Hall–Kier alpha value is -3.40. The van der Waals surface area contributed by atoms with Gasteiger partial charge in [0.2, 0.25) is 5.90 Å². The SMILES string of the molecule is COc1cccc([C@@H]2OC(c3ccc(OCCCO)cc3)=N[C@]2(Cc2ccccc2Br)C(=O)NO)c1. The number of halogens is 1. The fourth-order valence-corrected chi connectivity index (χ4v) is 4.54. The molecule has 0 aliphatic carbocycles. The number of carbonyl (C=O) groups excluding carboxylic acids is 1. The van der Waals surface area contributed by atoms with Crippen LogP contribution in [0.2, 0.25) is 0 Å². The number of aliphatic hydroxyl groups excluding tert-OH is 1. The molecule has 188 valence electrons. The van der Waals surface area contributed by atoms with Crippen LogP contribution in [0.3, 0.4) is 0 Å². The van der Waals surface area contributed by atoms with Crippen molar-refractivity contribution >= 4 is 27.7 Å². The Balaban J connectivity index is 1.78. The fourth-order valence-electron chi connectivity index (χ4n) is 4.12. The number of carbonyl (C=O) groups is 1. The number of aliphatic imine (C=N–C) groups is 1. The molecule has 3 N–H and O–H groups in total. The van der Waals surface area contributed by atoms with Crippen molar-refractivity contribution in [2.24, 2.45) is 4.99 Å². The maximum atomic E-state index is 13.3. The lowest BCUT2D eigenvalue weighted by molar-refractivity contribution is -0.137. The van der Waals surface area contributed by atoms with Gasteiger partial charge in [-0.3, -0.25) is 10.0 Å².